The van der Waals surface area contributed by atoms with Crippen LogP contribution in [0.25, 0.3) is 0 Å². The summed E-state index contributed by atoms with van der Waals surface area (Å²) >= 11 is 0. The highest BCUT2D eigenvalue weighted by atomic mass is 127. The molecule has 8 heteroatoms. The predicted octanol–water partition coefficient (Wildman–Crippen LogP) is 4.02. The molecular weight excluding hydrogens is 434 g/mol. The van der Waals surface area contributed by atoms with Crippen LogP contribution in [-0.2, 0) is 6.54 Å². The van der Waals surface area contributed by atoms with Crippen molar-refractivity contribution in [2.24, 2.45) is 4.99 Å². The summed E-state index contributed by atoms with van der Waals surface area (Å²) < 4.78 is 41.5. The molecule has 2 N–H and O–H groups in total. The number of hydrogen-bond donors (Lipinski definition) is 2. The van der Waals surface area contributed by atoms with Crippen molar-refractivity contribution in [2.45, 2.75) is 38.9 Å². The largest absolute Gasteiger partial charge is 0.496 e. The smallest absolute Gasteiger partial charge is 0.389 e. The molecule has 0 saturated carbocycles. The number of aryl methyl sites for hydroxylation is 1. The highest BCUT2D eigenvalue weighted by molar-refractivity contribution is 14.0. The highest BCUT2D eigenvalue weighted by Crippen LogP contribution is 2.22. The monoisotopic (exact) mass is 459 g/mol. The Morgan fingerprint density at radius 1 is 1.21 bits per heavy atom. The first kappa shape index (κ1) is 22.8. The summed E-state index contributed by atoms with van der Waals surface area (Å²) in [5, 5.41) is 6.13. The number of hydrogen-bond acceptors (Lipinski definition) is 2. The molecule has 4 nitrogen and oxygen atoms in total. The van der Waals surface area contributed by atoms with Crippen LogP contribution >= 0.6 is 24.0 Å². The van der Waals surface area contributed by atoms with Crippen molar-refractivity contribution in [1.29, 1.82) is 0 Å². The maximum atomic E-state index is 12.0. The molecule has 0 saturated heterocycles. The standard InChI is InChI=1S/C16H24F3N3O.HI/c1-12-6-7-13(14(10-12)23-3)11-22-15(20-2)21-9-5-4-8-16(17,18)19;/h6-7,10H,4-5,8-9,11H2,1-3H3,(H2,20,21,22);1H. The molecule has 1 aromatic carbocycles. The van der Waals surface area contributed by atoms with Crippen LogP contribution < -0.4 is 15.4 Å². The zero-order chi connectivity index (χ0) is 17.3. The average Bonchev–Trinajstić information content (AvgIpc) is 2.49. The molecule has 0 atom stereocenters. The second-order valence-corrected chi connectivity index (χ2v) is 5.24. The number of alkyl halides is 3. The molecule has 0 aliphatic rings. The SMILES string of the molecule is CN=C(NCCCCC(F)(F)F)NCc1ccc(C)cc1OC.I. The van der Waals surface area contributed by atoms with E-state index in [0.717, 1.165) is 16.9 Å². The van der Waals surface area contributed by atoms with Gasteiger partial charge in [0.15, 0.2) is 5.96 Å². The fourth-order valence-electron chi connectivity index (χ4n) is 2.05. The van der Waals surface area contributed by atoms with E-state index in [2.05, 4.69) is 15.6 Å². The third-order valence-corrected chi connectivity index (χ3v) is 3.29. The van der Waals surface area contributed by atoms with Gasteiger partial charge in [-0.1, -0.05) is 12.1 Å². The Bertz CT molecular complexity index is 522. The third-order valence-electron chi connectivity index (χ3n) is 3.29. The van der Waals surface area contributed by atoms with E-state index >= 15 is 0 Å². The number of ether oxygens (including phenoxy) is 1. The van der Waals surface area contributed by atoms with Gasteiger partial charge >= 0.3 is 6.18 Å². The molecule has 0 unspecified atom stereocenters. The topological polar surface area (TPSA) is 45.7 Å². The average molecular weight is 459 g/mol. The Morgan fingerprint density at radius 3 is 2.50 bits per heavy atom. The number of methoxy groups -OCH3 is 1. The fourth-order valence-corrected chi connectivity index (χ4v) is 2.05. The zero-order valence-corrected chi connectivity index (χ0v) is 16.5. The Kier molecular flexibility index (Phi) is 10.8. The van der Waals surface area contributed by atoms with Crippen molar-refractivity contribution >= 4 is 29.9 Å². The summed E-state index contributed by atoms with van der Waals surface area (Å²) in [4.78, 5) is 4.05. The second kappa shape index (κ2) is 11.4. The zero-order valence-electron chi connectivity index (χ0n) is 14.2. The molecule has 1 rings (SSSR count). The predicted molar refractivity (Wildman–Crippen MR) is 101 cm³/mol. The number of rotatable bonds is 7. The highest BCUT2D eigenvalue weighted by Gasteiger charge is 2.25. The maximum absolute atomic E-state index is 12.0. The van der Waals surface area contributed by atoms with E-state index < -0.39 is 12.6 Å². The van der Waals surface area contributed by atoms with Crippen LogP contribution in [0.3, 0.4) is 0 Å². The summed E-state index contributed by atoms with van der Waals surface area (Å²) in [6.45, 7) is 2.95. The van der Waals surface area contributed by atoms with Crippen LogP contribution in [0.15, 0.2) is 23.2 Å². The van der Waals surface area contributed by atoms with Crippen molar-refractivity contribution in [3.8, 4) is 5.75 Å². The van der Waals surface area contributed by atoms with E-state index in [9.17, 15) is 13.2 Å². The van der Waals surface area contributed by atoms with Crippen LogP contribution in [0.5, 0.6) is 5.75 Å². The van der Waals surface area contributed by atoms with E-state index in [-0.39, 0.29) is 30.4 Å². The molecule has 24 heavy (non-hydrogen) atoms. The quantitative estimate of drug-likeness (QED) is 0.280. The molecule has 138 valence electrons. The number of halogens is 4. The first-order chi connectivity index (χ1) is 10.9. The first-order valence-corrected chi connectivity index (χ1v) is 7.50. The van der Waals surface area contributed by atoms with Gasteiger partial charge in [-0.3, -0.25) is 4.99 Å². The summed E-state index contributed by atoms with van der Waals surface area (Å²) in [6.07, 6.45) is -4.28. The molecule has 1 aromatic rings. The van der Waals surface area contributed by atoms with Gasteiger partial charge in [0.2, 0.25) is 0 Å². The number of nitrogens with one attached hydrogen (secondary N) is 2. The van der Waals surface area contributed by atoms with Gasteiger partial charge in [-0.15, -0.1) is 24.0 Å². The Balaban J connectivity index is 0.00000529. The fraction of sp³-hybridized carbons (Fsp3) is 0.562. The van der Waals surface area contributed by atoms with Crippen molar-refractivity contribution in [2.75, 3.05) is 20.7 Å². The Labute approximate surface area is 158 Å². The lowest BCUT2D eigenvalue weighted by Gasteiger charge is -2.14. The van der Waals surface area contributed by atoms with E-state index in [1.807, 2.05) is 25.1 Å². The lowest BCUT2D eigenvalue weighted by molar-refractivity contribution is -0.135. The summed E-state index contributed by atoms with van der Waals surface area (Å²) in [5.74, 6) is 1.35. The molecular formula is C16H25F3IN3O. The third kappa shape index (κ3) is 9.19. The minimum atomic E-state index is -4.08. The normalized spacial score (nSPS) is 11.7. The molecule has 0 aliphatic heterocycles. The van der Waals surface area contributed by atoms with Gasteiger partial charge in [-0.05, 0) is 31.4 Å². The molecule has 0 amide bonds. The Hall–Kier alpha value is -1.19. The lowest BCUT2D eigenvalue weighted by Crippen LogP contribution is -2.37. The number of guanidine groups is 1. The van der Waals surface area contributed by atoms with Crippen LogP contribution in [0.1, 0.15) is 30.4 Å². The van der Waals surface area contributed by atoms with Crippen molar-refractivity contribution in [1.82, 2.24) is 10.6 Å². The first-order valence-electron chi connectivity index (χ1n) is 7.50. The number of aliphatic imine (C=N–C) groups is 1. The molecule has 0 heterocycles. The van der Waals surface area contributed by atoms with Gasteiger partial charge in [0.1, 0.15) is 5.75 Å². The minimum Gasteiger partial charge on any atom is -0.496 e. The lowest BCUT2D eigenvalue weighted by atomic mass is 10.1. The van der Waals surface area contributed by atoms with E-state index in [1.165, 1.54) is 0 Å². The molecule has 0 aliphatic carbocycles. The maximum Gasteiger partial charge on any atom is 0.389 e. The van der Waals surface area contributed by atoms with Gasteiger partial charge in [0.05, 0.1) is 7.11 Å². The van der Waals surface area contributed by atoms with Gasteiger partial charge in [0.25, 0.3) is 0 Å². The van der Waals surface area contributed by atoms with Crippen molar-refractivity contribution in [3.63, 3.8) is 0 Å². The Morgan fingerprint density at radius 2 is 1.92 bits per heavy atom. The van der Waals surface area contributed by atoms with Crippen LogP contribution in [0.2, 0.25) is 0 Å². The molecule has 0 fully saturated rings. The number of unbranched alkanes of at least 4 members (excludes halogenated alkanes) is 1. The summed E-state index contributed by atoms with van der Waals surface area (Å²) in [6, 6.07) is 5.91. The van der Waals surface area contributed by atoms with Crippen molar-refractivity contribution < 1.29 is 17.9 Å². The second-order valence-electron chi connectivity index (χ2n) is 5.24. The van der Waals surface area contributed by atoms with Crippen LogP contribution in [0.4, 0.5) is 13.2 Å². The van der Waals surface area contributed by atoms with Gasteiger partial charge < -0.3 is 15.4 Å². The van der Waals surface area contributed by atoms with Gasteiger partial charge in [-0.25, -0.2) is 0 Å². The van der Waals surface area contributed by atoms with E-state index in [1.54, 1.807) is 14.2 Å². The van der Waals surface area contributed by atoms with E-state index in [0.29, 0.717) is 25.5 Å². The summed E-state index contributed by atoms with van der Waals surface area (Å²) in [7, 11) is 3.24. The van der Waals surface area contributed by atoms with Crippen molar-refractivity contribution in [3.05, 3.63) is 29.3 Å². The molecule has 0 radical (unpaired) electrons. The van der Waals surface area contributed by atoms with Crippen LogP contribution in [-0.4, -0.2) is 32.8 Å². The minimum absolute atomic E-state index is 0. The van der Waals surface area contributed by atoms with Gasteiger partial charge in [-0.2, -0.15) is 13.2 Å². The number of nitrogens with zero attached hydrogens (tertiary/aromatic N) is 1. The molecule has 0 bridgehead atoms. The molecule has 0 spiro atoms. The van der Waals surface area contributed by atoms with Gasteiger partial charge in [0, 0.05) is 32.1 Å². The van der Waals surface area contributed by atoms with E-state index in [4.69, 9.17) is 4.74 Å². The van der Waals surface area contributed by atoms with Crippen LogP contribution in [0, 0.1) is 6.92 Å². The number of benzene rings is 1. The molecule has 0 aromatic heterocycles. The summed E-state index contributed by atoms with van der Waals surface area (Å²) in [5.41, 5.74) is 2.09.